The van der Waals surface area contributed by atoms with Gasteiger partial charge in [0.1, 0.15) is 11.6 Å². The first-order valence-electron chi connectivity index (χ1n) is 3.87. The predicted octanol–water partition coefficient (Wildman–Crippen LogP) is 2.17. The standard InChI is InChI=1S/C9H11N2OS/c1-4-5-12-10-6-9-11-7(2)8(3)13-9/h4H,1,5H2,2-3H3. The fourth-order valence-corrected chi connectivity index (χ4v) is 1.43. The van der Waals surface area contributed by atoms with Crippen molar-refractivity contribution in [2.75, 3.05) is 6.61 Å². The maximum absolute atomic E-state index is 4.80. The van der Waals surface area contributed by atoms with Crippen LogP contribution in [0.1, 0.15) is 15.6 Å². The van der Waals surface area contributed by atoms with Crippen LogP contribution >= 0.6 is 11.3 Å². The molecule has 1 heterocycles. The number of hydrogen-bond acceptors (Lipinski definition) is 4. The van der Waals surface area contributed by atoms with Crippen LogP contribution in [0.15, 0.2) is 17.8 Å². The third kappa shape index (κ3) is 2.99. The van der Waals surface area contributed by atoms with E-state index in [1.807, 2.05) is 13.8 Å². The third-order valence-corrected chi connectivity index (χ3v) is 2.40. The quantitative estimate of drug-likeness (QED) is 0.319. The molecular formula is C9H11N2OS. The predicted molar refractivity (Wildman–Crippen MR) is 54.3 cm³/mol. The van der Waals surface area contributed by atoms with Crippen LogP contribution < -0.4 is 0 Å². The molecule has 1 radical (unpaired) electrons. The van der Waals surface area contributed by atoms with Gasteiger partial charge in [-0.05, 0) is 13.8 Å². The van der Waals surface area contributed by atoms with Crippen molar-refractivity contribution < 1.29 is 4.84 Å². The van der Waals surface area contributed by atoms with E-state index < -0.39 is 0 Å². The smallest absolute Gasteiger partial charge is 0.170 e. The lowest BCUT2D eigenvalue weighted by molar-refractivity contribution is 0.176. The molecule has 0 spiro atoms. The molecule has 0 saturated carbocycles. The molecule has 3 nitrogen and oxygen atoms in total. The van der Waals surface area contributed by atoms with Gasteiger partial charge in [0.05, 0.1) is 5.69 Å². The zero-order chi connectivity index (χ0) is 9.68. The number of aromatic nitrogens is 1. The highest BCUT2D eigenvalue weighted by Crippen LogP contribution is 2.14. The van der Waals surface area contributed by atoms with E-state index in [9.17, 15) is 0 Å². The van der Waals surface area contributed by atoms with E-state index in [-0.39, 0.29) is 0 Å². The lowest BCUT2D eigenvalue weighted by Crippen LogP contribution is -1.84. The Hall–Kier alpha value is -1.16. The summed E-state index contributed by atoms with van der Waals surface area (Å²) in [6.07, 6.45) is 4.33. The van der Waals surface area contributed by atoms with Crippen molar-refractivity contribution in [3.63, 3.8) is 0 Å². The molecular weight excluding hydrogens is 184 g/mol. The Labute approximate surface area is 81.8 Å². The van der Waals surface area contributed by atoms with Gasteiger partial charge in [0.2, 0.25) is 0 Å². The summed E-state index contributed by atoms with van der Waals surface area (Å²) in [4.78, 5) is 10.2. The van der Waals surface area contributed by atoms with E-state index in [1.165, 1.54) is 4.88 Å². The molecule has 0 unspecified atom stereocenters. The van der Waals surface area contributed by atoms with Gasteiger partial charge in [-0.3, -0.25) is 0 Å². The molecule has 1 rings (SSSR count). The fraction of sp³-hybridized carbons (Fsp3) is 0.333. The SMILES string of the molecule is C=CCO/N=[C]/c1nc(C)c(C)s1. The first-order chi connectivity index (χ1) is 6.24. The molecule has 0 saturated heterocycles. The number of thiazole rings is 1. The van der Waals surface area contributed by atoms with E-state index in [1.54, 1.807) is 17.4 Å². The van der Waals surface area contributed by atoms with Crippen molar-refractivity contribution >= 4 is 17.6 Å². The molecule has 0 amide bonds. The van der Waals surface area contributed by atoms with Crippen LogP contribution in [0.3, 0.4) is 0 Å². The molecule has 0 bridgehead atoms. The monoisotopic (exact) mass is 195 g/mol. The molecule has 13 heavy (non-hydrogen) atoms. The maximum Gasteiger partial charge on any atom is 0.170 e. The maximum atomic E-state index is 4.80. The van der Waals surface area contributed by atoms with Crippen LogP contribution in [0.2, 0.25) is 0 Å². The highest BCUT2D eigenvalue weighted by atomic mass is 32.1. The molecule has 1 aromatic heterocycles. The summed E-state index contributed by atoms with van der Waals surface area (Å²) in [5, 5.41) is 4.36. The van der Waals surface area contributed by atoms with Gasteiger partial charge < -0.3 is 4.84 Å². The van der Waals surface area contributed by atoms with Crippen LogP contribution in [-0.2, 0) is 4.84 Å². The molecule has 0 aliphatic heterocycles. The summed E-state index contributed by atoms with van der Waals surface area (Å²) in [5.41, 5.74) is 1.02. The van der Waals surface area contributed by atoms with Crippen LogP contribution in [0.25, 0.3) is 0 Å². The molecule has 4 heteroatoms. The minimum absolute atomic E-state index is 0.399. The summed E-state index contributed by atoms with van der Waals surface area (Å²) >= 11 is 1.55. The lowest BCUT2D eigenvalue weighted by Gasteiger charge is -1.87. The number of rotatable bonds is 4. The first kappa shape index (κ1) is 9.92. The minimum Gasteiger partial charge on any atom is -0.391 e. The summed E-state index contributed by atoms with van der Waals surface area (Å²) in [6.45, 7) is 7.87. The van der Waals surface area contributed by atoms with Crippen LogP contribution in [0.4, 0.5) is 0 Å². The second-order valence-corrected chi connectivity index (χ2v) is 3.65. The van der Waals surface area contributed by atoms with Gasteiger partial charge in [-0.25, -0.2) is 4.98 Å². The third-order valence-electron chi connectivity index (χ3n) is 1.43. The summed E-state index contributed by atoms with van der Waals surface area (Å²) in [7, 11) is 0. The van der Waals surface area contributed by atoms with E-state index in [2.05, 4.69) is 22.9 Å². The van der Waals surface area contributed by atoms with Crippen molar-refractivity contribution in [1.29, 1.82) is 0 Å². The Balaban J connectivity index is 2.53. The molecule has 1 aromatic rings. The van der Waals surface area contributed by atoms with Gasteiger partial charge in [0, 0.05) is 4.88 Å². The Kier molecular flexibility index (Phi) is 3.64. The van der Waals surface area contributed by atoms with Crippen LogP contribution in [0, 0.1) is 13.8 Å². The van der Waals surface area contributed by atoms with E-state index in [0.717, 1.165) is 10.7 Å². The van der Waals surface area contributed by atoms with Gasteiger partial charge >= 0.3 is 0 Å². The Morgan fingerprint density at radius 2 is 2.46 bits per heavy atom. The fourth-order valence-electron chi connectivity index (χ4n) is 0.682. The zero-order valence-corrected chi connectivity index (χ0v) is 8.52. The molecule has 0 fully saturated rings. The zero-order valence-electron chi connectivity index (χ0n) is 7.70. The van der Waals surface area contributed by atoms with E-state index >= 15 is 0 Å². The summed E-state index contributed by atoms with van der Waals surface area (Å²) < 4.78 is 0. The molecule has 0 aliphatic rings. The Morgan fingerprint density at radius 3 is 3.00 bits per heavy atom. The van der Waals surface area contributed by atoms with Crippen molar-refractivity contribution in [3.05, 3.63) is 28.2 Å². The molecule has 69 valence electrons. The van der Waals surface area contributed by atoms with Crippen molar-refractivity contribution in [3.8, 4) is 0 Å². The summed E-state index contributed by atoms with van der Waals surface area (Å²) in [6, 6.07) is 0. The lowest BCUT2D eigenvalue weighted by atomic mass is 10.4. The second kappa shape index (κ2) is 4.77. The van der Waals surface area contributed by atoms with Crippen molar-refractivity contribution in [2.45, 2.75) is 13.8 Å². The molecule has 0 aliphatic carbocycles. The number of hydrogen-bond donors (Lipinski definition) is 0. The molecule has 0 atom stereocenters. The summed E-state index contributed by atoms with van der Waals surface area (Å²) in [5.74, 6) is 0. The van der Waals surface area contributed by atoms with Gasteiger partial charge in [-0.2, -0.15) is 0 Å². The van der Waals surface area contributed by atoms with Gasteiger partial charge in [-0.15, -0.1) is 11.3 Å². The second-order valence-electron chi connectivity index (χ2n) is 2.45. The van der Waals surface area contributed by atoms with Crippen molar-refractivity contribution in [1.82, 2.24) is 4.98 Å². The van der Waals surface area contributed by atoms with Crippen molar-refractivity contribution in [2.24, 2.45) is 5.16 Å². The average Bonchev–Trinajstić information content (AvgIpc) is 2.41. The molecule has 0 aromatic carbocycles. The van der Waals surface area contributed by atoms with Crippen LogP contribution in [0.5, 0.6) is 0 Å². The number of aryl methyl sites for hydroxylation is 2. The van der Waals surface area contributed by atoms with E-state index in [4.69, 9.17) is 4.84 Å². The normalized spacial score (nSPS) is 10.6. The van der Waals surface area contributed by atoms with Gasteiger partial charge in [-0.1, -0.05) is 17.8 Å². The van der Waals surface area contributed by atoms with Crippen LogP contribution in [-0.4, -0.2) is 17.8 Å². The highest BCUT2D eigenvalue weighted by Gasteiger charge is 2.00. The first-order valence-corrected chi connectivity index (χ1v) is 4.68. The highest BCUT2D eigenvalue weighted by molar-refractivity contribution is 7.13. The largest absolute Gasteiger partial charge is 0.391 e. The Morgan fingerprint density at radius 1 is 1.69 bits per heavy atom. The van der Waals surface area contributed by atoms with E-state index in [0.29, 0.717) is 6.61 Å². The topological polar surface area (TPSA) is 34.5 Å². The average molecular weight is 195 g/mol. The minimum atomic E-state index is 0.399. The Bertz CT molecular complexity index is 298. The molecule has 0 N–H and O–H groups in total. The van der Waals surface area contributed by atoms with Gasteiger partial charge in [0.25, 0.3) is 0 Å². The van der Waals surface area contributed by atoms with Gasteiger partial charge in [0.15, 0.2) is 6.21 Å². The number of nitrogens with zero attached hydrogens (tertiary/aromatic N) is 2.